The zero-order chi connectivity index (χ0) is 28.5. The maximum Gasteiger partial charge on any atom is 0.339 e. The Morgan fingerprint density at radius 3 is 1.65 bits per heavy atom. The molecule has 4 rings (SSSR count). The second kappa shape index (κ2) is 17.2. The average molecular weight is 509 g/mol. The lowest BCUT2D eigenvalue weighted by atomic mass is 10.2. The van der Waals surface area contributed by atoms with Gasteiger partial charge in [0.1, 0.15) is 17.3 Å². The van der Waals surface area contributed by atoms with Crippen LogP contribution in [0.1, 0.15) is 50.3 Å². The molecule has 0 saturated carbocycles. The first kappa shape index (κ1) is 32.7. The standard InChI is InChI=1S/C13H13NO2.C7H9N.C6H6O3.2C2H6/c1-9-5-3-4-6-12(9)14-10(2)7-11(15)8-13(14)16;1-6-4-2-3-5-7(6)8;1-4-2-5(7)3-6(8)9-4;2*1-2/h3-8,15H,1-2H3;2-5H,8H2,1H3;2-3,7H,1H3;2*1-2H3. The Balaban J connectivity index is 0.000000527. The van der Waals surface area contributed by atoms with E-state index >= 15 is 0 Å². The molecule has 0 aliphatic carbocycles. The van der Waals surface area contributed by atoms with E-state index < -0.39 is 5.63 Å². The molecule has 0 aliphatic heterocycles. The lowest BCUT2D eigenvalue weighted by Crippen LogP contribution is -2.19. The number of pyridine rings is 1. The fourth-order valence-corrected chi connectivity index (χ4v) is 2.98. The van der Waals surface area contributed by atoms with E-state index in [0.29, 0.717) is 5.76 Å². The molecule has 0 atom stereocenters. The zero-order valence-electron chi connectivity index (χ0n) is 23.1. The Bertz CT molecular complexity index is 1300. The minimum atomic E-state index is -0.521. The summed E-state index contributed by atoms with van der Waals surface area (Å²) in [5, 5.41) is 18.1. The number of aromatic hydroxyl groups is 2. The van der Waals surface area contributed by atoms with Crippen molar-refractivity contribution in [1.29, 1.82) is 0 Å². The van der Waals surface area contributed by atoms with E-state index in [1.54, 1.807) is 24.5 Å². The van der Waals surface area contributed by atoms with Crippen molar-refractivity contribution in [3.8, 4) is 17.2 Å². The van der Waals surface area contributed by atoms with E-state index in [2.05, 4.69) is 4.42 Å². The minimum absolute atomic E-state index is 0.00679. The van der Waals surface area contributed by atoms with E-state index in [9.17, 15) is 14.7 Å². The number of nitrogens with two attached hydrogens (primary N) is 1. The molecule has 4 aromatic rings. The maximum absolute atomic E-state index is 11.8. The average Bonchev–Trinajstić information content (AvgIpc) is 2.84. The zero-order valence-corrected chi connectivity index (χ0v) is 23.1. The highest BCUT2D eigenvalue weighted by atomic mass is 16.4. The molecule has 0 bridgehead atoms. The number of benzene rings is 2. The molecular weight excluding hydrogens is 468 g/mol. The van der Waals surface area contributed by atoms with Gasteiger partial charge in [0.2, 0.25) is 0 Å². The number of para-hydroxylation sites is 2. The molecule has 0 fully saturated rings. The molecule has 2 heterocycles. The van der Waals surface area contributed by atoms with Gasteiger partial charge in [-0.05, 0) is 57.0 Å². The van der Waals surface area contributed by atoms with Gasteiger partial charge < -0.3 is 20.4 Å². The maximum atomic E-state index is 11.8. The summed E-state index contributed by atoms with van der Waals surface area (Å²) in [5.41, 5.74) is 9.40. The van der Waals surface area contributed by atoms with E-state index in [0.717, 1.165) is 34.3 Å². The van der Waals surface area contributed by atoms with Crippen molar-refractivity contribution in [3.05, 3.63) is 116 Å². The molecule has 0 spiro atoms. The normalized spacial score (nSPS) is 9.08. The highest BCUT2D eigenvalue weighted by Crippen LogP contribution is 2.16. The van der Waals surface area contributed by atoms with Gasteiger partial charge in [0.05, 0.1) is 11.8 Å². The summed E-state index contributed by atoms with van der Waals surface area (Å²) in [7, 11) is 0. The molecule has 0 amide bonds. The van der Waals surface area contributed by atoms with Crippen LogP contribution >= 0.6 is 0 Å². The van der Waals surface area contributed by atoms with Gasteiger partial charge in [0.15, 0.2) is 0 Å². The molecule has 0 aliphatic rings. The monoisotopic (exact) mass is 508 g/mol. The third-order valence-electron chi connectivity index (χ3n) is 4.62. The van der Waals surface area contributed by atoms with Crippen LogP contribution in [0.4, 0.5) is 5.69 Å². The first-order valence-electron chi connectivity index (χ1n) is 12.2. The molecule has 0 saturated heterocycles. The Morgan fingerprint density at radius 1 is 0.703 bits per heavy atom. The highest BCUT2D eigenvalue weighted by molar-refractivity contribution is 5.45. The number of hydrogen-bond donors (Lipinski definition) is 3. The second-order valence-electron chi connectivity index (χ2n) is 7.42. The van der Waals surface area contributed by atoms with Crippen molar-refractivity contribution in [2.45, 2.75) is 55.4 Å². The van der Waals surface area contributed by atoms with Crippen molar-refractivity contribution in [1.82, 2.24) is 4.57 Å². The summed E-state index contributed by atoms with van der Waals surface area (Å²) in [6.07, 6.45) is 0. The van der Waals surface area contributed by atoms with Crippen LogP contribution in [0.2, 0.25) is 0 Å². The van der Waals surface area contributed by atoms with E-state index in [4.69, 9.17) is 10.8 Å². The van der Waals surface area contributed by atoms with Gasteiger partial charge in [0.25, 0.3) is 5.56 Å². The van der Waals surface area contributed by atoms with Gasteiger partial charge in [-0.1, -0.05) is 64.1 Å². The first-order valence-corrected chi connectivity index (χ1v) is 12.2. The summed E-state index contributed by atoms with van der Waals surface area (Å²) in [5.74, 6) is 0.371. The van der Waals surface area contributed by atoms with Crippen molar-refractivity contribution in [3.63, 3.8) is 0 Å². The first-order chi connectivity index (χ1) is 17.6. The van der Waals surface area contributed by atoms with Crippen LogP contribution in [-0.4, -0.2) is 14.8 Å². The Labute approximate surface area is 219 Å². The molecule has 0 unspecified atom stereocenters. The van der Waals surface area contributed by atoms with Gasteiger partial charge in [-0.15, -0.1) is 0 Å². The predicted molar refractivity (Wildman–Crippen MR) is 153 cm³/mol. The Morgan fingerprint density at radius 2 is 1.22 bits per heavy atom. The molecular formula is C30H40N2O5. The van der Waals surface area contributed by atoms with Crippen LogP contribution in [-0.2, 0) is 0 Å². The summed E-state index contributed by atoms with van der Waals surface area (Å²) in [4.78, 5) is 22.2. The van der Waals surface area contributed by atoms with Crippen LogP contribution in [0.3, 0.4) is 0 Å². The van der Waals surface area contributed by atoms with Gasteiger partial charge in [-0.2, -0.15) is 0 Å². The lowest BCUT2D eigenvalue weighted by molar-refractivity contribution is 0.434. The summed E-state index contributed by atoms with van der Waals surface area (Å²) in [6, 6.07) is 20.7. The summed E-state index contributed by atoms with van der Waals surface area (Å²) < 4.78 is 6.13. The lowest BCUT2D eigenvalue weighted by Gasteiger charge is -2.12. The summed E-state index contributed by atoms with van der Waals surface area (Å²) in [6.45, 7) is 15.3. The van der Waals surface area contributed by atoms with E-state index in [-0.39, 0.29) is 17.1 Å². The fraction of sp³-hybridized carbons (Fsp3) is 0.267. The van der Waals surface area contributed by atoms with Crippen LogP contribution in [0.15, 0.2) is 86.8 Å². The van der Waals surface area contributed by atoms with Gasteiger partial charge in [-0.3, -0.25) is 9.36 Å². The molecule has 4 N–H and O–H groups in total. The molecule has 37 heavy (non-hydrogen) atoms. The quantitative estimate of drug-likeness (QED) is 0.255. The second-order valence-corrected chi connectivity index (χ2v) is 7.42. The highest BCUT2D eigenvalue weighted by Gasteiger charge is 2.06. The van der Waals surface area contributed by atoms with Gasteiger partial charge in [0, 0.05) is 23.5 Å². The number of anilines is 1. The van der Waals surface area contributed by atoms with Crippen molar-refractivity contribution < 1.29 is 14.6 Å². The molecule has 7 heteroatoms. The van der Waals surface area contributed by atoms with Gasteiger partial charge in [-0.25, -0.2) is 4.79 Å². The van der Waals surface area contributed by atoms with Crippen molar-refractivity contribution >= 4 is 5.69 Å². The minimum Gasteiger partial charge on any atom is -0.508 e. The molecule has 0 radical (unpaired) electrons. The van der Waals surface area contributed by atoms with Crippen LogP contribution in [0.5, 0.6) is 11.5 Å². The molecule has 2 aromatic carbocycles. The largest absolute Gasteiger partial charge is 0.508 e. The Kier molecular flexibility index (Phi) is 15.2. The predicted octanol–water partition coefficient (Wildman–Crippen LogP) is 6.44. The van der Waals surface area contributed by atoms with Crippen molar-refractivity contribution in [2.75, 3.05) is 5.73 Å². The fourth-order valence-electron chi connectivity index (χ4n) is 2.98. The van der Waals surface area contributed by atoms with E-state index in [1.807, 2.05) is 90.1 Å². The number of hydrogen-bond acceptors (Lipinski definition) is 6. The third kappa shape index (κ3) is 11.3. The summed E-state index contributed by atoms with van der Waals surface area (Å²) >= 11 is 0. The number of nitrogen functional groups attached to an aromatic ring is 1. The van der Waals surface area contributed by atoms with Gasteiger partial charge >= 0.3 is 5.63 Å². The van der Waals surface area contributed by atoms with E-state index in [1.165, 1.54) is 12.1 Å². The topological polar surface area (TPSA) is 119 Å². The Hall–Kier alpha value is -4.26. The molecule has 2 aromatic heterocycles. The number of aromatic nitrogens is 1. The van der Waals surface area contributed by atoms with Crippen LogP contribution < -0.4 is 16.9 Å². The third-order valence-corrected chi connectivity index (χ3v) is 4.62. The SMILES string of the molecule is CC.CC.Cc1cc(O)cc(=O)o1.Cc1ccccc1-n1c(C)cc(O)cc1=O.Cc1ccccc1N. The number of nitrogens with zero attached hydrogens (tertiary/aromatic N) is 1. The van der Waals surface area contributed by atoms with Crippen molar-refractivity contribution in [2.24, 2.45) is 0 Å². The number of aryl methyl sites for hydroxylation is 4. The number of rotatable bonds is 1. The van der Waals surface area contributed by atoms with Crippen LogP contribution in [0, 0.1) is 27.7 Å². The molecule has 7 nitrogen and oxygen atoms in total. The smallest absolute Gasteiger partial charge is 0.339 e. The molecule has 200 valence electrons. The van der Waals surface area contributed by atoms with Crippen LogP contribution in [0.25, 0.3) is 5.69 Å².